The summed E-state index contributed by atoms with van der Waals surface area (Å²) >= 11 is 6.21. The zero-order valence-electron chi connectivity index (χ0n) is 19.6. The van der Waals surface area contributed by atoms with Crippen LogP contribution in [0.4, 0.5) is 14.5 Å². The molecule has 1 aliphatic heterocycles. The molecule has 5 N–H and O–H groups in total. The van der Waals surface area contributed by atoms with Gasteiger partial charge < -0.3 is 34.4 Å². The van der Waals surface area contributed by atoms with E-state index >= 15 is 0 Å². The van der Waals surface area contributed by atoms with Crippen LogP contribution in [0.1, 0.15) is 24.8 Å². The Labute approximate surface area is 219 Å². The van der Waals surface area contributed by atoms with Gasteiger partial charge in [0.2, 0.25) is 0 Å². The number of hydrogen-bond donors (Lipinski definition) is 5. The van der Waals surface area contributed by atoms with Gasteiger partial charge >= 0.3 is 15.2 Å². The van der Waals surface area contributed by atoms with Crippen molar-refractivity contribution in [2.75, 3.05) is 17.8 Å². The topological polar surface area (TPSA) is 176 Å². The van der Waals surface area contributed by atoms with Gasteiger partial charge in [-0.2, -0.15) is 5.10 Å². The molecule has 4 rings (SSSR count). The number of ether oxygens (including phenoxy) is 1. The average molecular weight is 595 g/mol. The van der Waals surface area contributed by atoms with E-state index < -0.39 is 58.0 Å². The fraction of sp³-hybridized carbons (Fsp3) is 0.333. The van der Waals surface area contributed by atoms with E-state index in [-0.39, 0.29) is 22.7 Å². The van der Waals surface area contributed by atoms with E-state index in [1.165, 1.54) is 18.3 Å². The number of halogens is 3. The predicted octanol–water partition coefficient (Wildman–Crippen LogP) is 3.85. The van der Waals surface area contributed by atoms with Crippen molar-refractivity contribution >= 4 is 43.5 Å². The van der Waals surface area contributed by atoms with E-state index in [0.717, 1.165) is 4.68 Å². The molecule has 3 heterocycles. The summed E-state index contributed by atoms with van der Waals surface area (Å²) in [7, 11) is -9.63. The minimum Gasteiger partial charge on any atom is -0.386 e. The molecule has 0 aliphatic carbocycles. The van der Waals surface area contributed by atoms with Gasteiger partial charge in [0.25, 0.3) is 0 Å². The van der Waals surface area contributed by atoms with Crippen LogP contribution in [0.2, 0.25) is 5.15 Å². The number of hydrogen-bond acceptors (Lipinski definition) is 8. The summed E-state index contributed by atoms with van der Waals surface area (Å²) in [5.74, 6) is -1.85. The molecule has 1 unspecified atom stereocenters. The van der Waals surface area contributed by atoms with Gasteiger partial charge in [0, 0.05) is 11.1 Å². The second kappa shape index (κ2) is 11.1. The number of nitrogens with zero attached hydrogens (tertiary/aromatic N) is 3. The highest BCUT2D eigenvalue weighted by Crippen LogP contribution is 2.55. The minimum atomic E-state index is -4.88. The van der Waals surface area contributed by atoms with Gasteiger partial charge in [-0.1, -0.05) is 29.8 Å². The van der Waals surface area contributed by atoms with Crippen LogP contribution >= 0.6 is 26.8 Å². The van der Waals surface area contributed by atoms with Gasteiger partial charge in [-0.3, -0.25) is 9.13 Å². The monoisotopic (exact) mass is 594 g/mol. The molecule has 1 aromatic carbocycles. The van der Waals surface area contributed by atoms with Crippen molar-refractivity contribution in [3.63, 3.8) is 0 Å². The summed E-state index contributed by atoms with van der Waals surface area (Å²) in [6.45, 7) is 0.948. The SMILES string of the molecule is C[C@H](Nc1cc(Cl)nc2c1cnn2[C@@H]1O[C@H](COP(=O)(O)CP(=O)(O)O)[C@@H](O)/C1=C\F)c1ccccc1F. The molecule has 17 heteroatoms. The van der Waals surface area contributed by atoms with Gasteiger partial charge in [0.05, 0.1) is 36.2 Å². The Morgan fingerprint density at radius 2 is 2.03 bits per heavy atom. The molecule has 3 aromatic rings. The van der Waals surface area contributed by atoms with Crippen molar-refractivity contribution in [1.29, 1.82) is 0 Å². The summed E-state index contributed by atoms with van der Waals surface area (Å²) in [6, 6.07) is 7.22. The Balaban J connectivity index is 1.60. The number of anilines is 1. The highest BCUT2D eigenvalue weighted by Gasteiger charge is 2.43. The molecule has 0 bridgehead atoms. The first-order valence-corrected chi connectivity index (χ1v) is 14.9. The summed E-state index contributed by atoms with van der Waals surface area (Å²) in [5, 5.41) is 18.3. The molecule has 1 fully saturated rings. The molecular weight excluding hydrogens is 572 g/mol. The maximum atomic E-state index is 14.3. The number of aliphatic hydroxyl groups excluding tert-OH is 1. The summed E-state index contributed by atoms with van der Waals surface area (Å²) in [5.41, 5.74) is 0.633. The summed E-state index contributed by atoms with van der Waals surface area (Å²) in [4.78, 5) is 31.8. The maximum absolute atomic E-state index is 14.3. The normalized spacial score (nSPS) is 23.6. The second-order valence-corrected chi connectivity index (χ2v) is 12.9. The predicted molar refractivity (Wildman–Crippen MR) is 133 cm³/mol. The molecule has 206 valence electrons. The van der Waals surface area contributed by atoms with Gasteiger partial charge in [0.15, 0.2) is 17.8 Å². The first kappa shape index (κ1) is 28.8. The van der Waals surface area contributed by atoms with Crippen LogP contribution < -0.4 is 5.32 Å². The number of benzene rings is 1. The Hall–Kier alpha value is -2.25. The highest BCUT2D eigenvalue weighted by atomic mass is 35.5. The van der Waals surface area contributed by atoms with Crippen molar-refractivity contribution in [2.45, 2.75) is 31.4 Å². The fourth-order valence-electron chi connectivity index (χ4n) is 4.01. The molecule has 0 spiro atoms. The van der Waals surface area contributed by atoms with Crippen molar-refractivity contribution < 1.29 is 47.0 Å². The second-order valence-electron chi connectivity index (χ2n) is 8.53. The number of aliphatic hydroxyl groups is 1. The molecule has 38 heavy (non-hydrogen) atoms. The van der Waals surface area contributed by atoms with Crippen molar-refractivity contribution in [2.24, 2.45) is 0 Å². The number of rotatable bonds is 9. The molecule has 0 radical (unpaired) electrons. The quantitative estimate of drug-likeness (QED) is 0.180. The van der Waals surface area contributed by atoms with Crippen molar-refractivity contribution in [1.82, 2.24) is 14.8 Å². The summed E-state index contributed by atoms with van der Waals surface area (Å²) in [6.07, 6.45) is -2.95. The molecule has 1 aliphatic rings. The van der Waals surface area contributed by atoms with Crippen LogP contribution in [0.3, 0.4) is 0 Å². The van der Waals surface area contributed by atoms with Crippen LogP contribution in [0.5, 0.6) is 0 Å². The van der Waals surface area contributed by atoms with Gasteiger partial charge in [-0.15, -0.1) is 0 Å². The number of fused-ring (bicyclic) bond motifs is 1. The standard InChI is InChI=1S/C21H23ClF2N4O8P2/c1-11(12-4-2-3-5-15(12)24)26-16-6-18(22)27-20-14(16)8-25-28(20)21-13(7-23)19(29)17(36-21)9-35-38(33,34)10-37(30,31)32/h2-8,11,17,19,21,29H,9-10H2,1H3,(H,26,27)(H,33,34)(H2,30,31,32)/b13-7+/t11-,17+,19-,21+/m0/s1. The average Bonchev–Trinajstić information content (AvgIpc) is 3.36. The van der Waals surface area contributed by atoms with Crippen molar-refractivity contribution in [3.8, 4) is 0 Å². The van der Waals surface area contributed by atoms with E-state index in [2.05, 4.69) is 15.4 Å². The van der Waals surface area contributed by atoms with Crippen LogP contribution in [0, 0.1) is 5.82 Å². The van der Waals surface area contributed by atoms with Crippen LogP contribution in [-0.4, -0.2) is 59.3 Å². The molecule has 1 saturated heterocycles. The Morgan fingerprint density at radius 1 is 1.32 bits per heavy atom. The summed E-state index contributed by atoms with van der Waals surface area (Å²) < 4.78 is 62.6. The smallest absolute Gasteiger partial charge is 0.340 e. The molecule has 0 saturated carbocycles. The number of aromatic nitrogens is 3. The third-order valence-electron chi connectivity index (χ3n) is 5.71. The van der Waals surface area contributed by atoms with E-state index in [4.69, 9.17) is 30.6 Å². The van der Waals surface area contributed by atoms with Gasteiger partial charge in [-0.05, 0) is 19.1 Å². The molecule has 2 aromatic heterocycles. The van der Waals surface area contributed by atoms with Crippen molar-refractivity contribution in [3.05, 3.63) is 65.0 Å². The van der Waals surface area contributed by atoms with Gasteiger partial charge in [0.1, 0.15) is 23.2 Å². The Bertz CT molecular complexity index is 1470. The zero-order chi connectivity index (χ0) is 27.8. The van der Waals surface area contributed by atoms with Crippen LogP contribution in [-0.2, 0) is 18.4 Å². The molecule has 0 amide bonds. The number of pyridine rings is 1. The zero-order valence-corrected chi connectivity index (χ0v) is 22.1. The maximum Gasteiger partial charge on any atom is 0.340 e. The lowest BCUT2D eigenvalue weighted by molar-refractivity contribution is -0.0421. The third kappa shape index (κ3) is 6.31. The lowest BCUT2D eigenvalue weighted by Gasteiger charge is -2.18. The van der Waals surface area contributed by atoms with E-state index in [1.807, 2.05) is 0 Å². The van der Waals surface area contributed by atoms with E-state index in [1.54, 1.807) is 25.1 Å². The molecule has 5 atom stereocenters. The minimum absolute atomic E-state index is 0.0188. The number of nitrogens with one attached hydrogen (secondary N) is 1. The van der Waals surface area contributed by atoms with Crippen LogP contribution in [0.25, 0.3) is 11.0 Å². The third-order valence-corrected chi connectivity index (χ3v) is 9.36. The fourth-order valence-corrected chi connectivity index (χ4v) is 6.76. The van der Waals surface area contributed by atoms with Crippen LogP contribution in [0.15, 0.2) is 48.4 Å². The Morgan fingerprint density at radius 3 is 2.68 bits per heavy atom. The largest absolute Gasteiger partial charge is 0.386 e. The Kier molecular flexibility index (Phi) is 8.39. The first-order valence-electron chi connectivity index (χ1n) is 11.0. The lowest BCUT2D eigenvalue weighted by Crippen LogP contribution is -2.27. The van der Waals surface area contributed by atoms with Gasteiger partial charge in [-0.25, -0.2) is 18.4 Å². The lowest BCUT2D eigenvalue weighted by atomic mass is 10.1. The van der Waals surface area contributed by atoms with E-state index in [9.17, 15) is 27.9 Å². The first-order chi connectivity index (χ1) is 17.8. The molecular formula is C21H23ClF2N4O8P2. The van der Waals surface area contributed by atoms with E-state index in [0.29, 0.717) is 16.6 Å². The highest BCUT2D eigenvalue weighted by molar-refractivity contribution is 7.70. The molecule has 12 nitrogen and oxygen atoms in total.